The van der Waals surface area contributed by atoms with Crippen molar-refractivity contribution >= 4 is 35.5 Å². The molecule has 2 aromatic rings. The van der Waals surface area contributed by atoms with Crippen LogP contribution in [0.5, 0.6) is 0 Å². The first-order valence-corrected chi connectivity index (χ1v) is 15.9. The average Bonchev–Trinajstić information content (AvgIpc) is 2.98. The van der Waals surface area contributed by atoms with Gasteiger partial charge in [0, 0.05) is 23.7 Å². The van der Waals surface area contributed by atoms with Crippen LogP contribution in [0.25, 0.3) is 0 Å². The lowest BCUT2D eigenvalue weighted by Crippen LogP contribution is -2.51. The van der Waals surface area contributed by atoms with Gasteiger partial charge in [-0.1, -0.05) is 70.9 Å². The Morgan fingerprint density at radius 2 is 1.63 bits per heavy atom. The molecule has 238 valence electrons. The van der Waals surface area contributed by atoms with E-state index in [4.69, 9.17) is 10.5 Å². The van der Waals surface area contributed by atoms with Gasteiger partial charge in [0.05, 0.1) is 18.7 Å². The van der Waals surface area contributed by atoms with E-state index < -0.39 is 30.1 Å². The molecule has 11 heteroatoms. The number of aliphatic hydroxyl groups excluding tert-OH is 1. The second-order valence-electron chi connectivity index (χ2n) is 11.0. The van der Waals surface area contributed by atoms with Crippen molar-refractivity contribution in [1.82, 2.24) is 20.3 Å². The first-order chi connectivity index (χ1) is 20.6. The van der Waals surface area contributed by atoms with E-state index in [1.165, 1.54) is 11.9 Å². The van der Waals surface area contributed by atoms with Gasteiger partial charge in [-0.2, -0.15) is 0 Å². The Morgan fingerprint density at radius 1 is 0.953 bits per heavy atom. The van der Waals surface area contributed by atoms with Crippen LogP contribution in [0, 0.1) is 5.92 Å². The molecule has 0 bridgehead atoms. The number of nitrogen functional groups attached to an aromatic ring is 1. The van der Waals surface area contributed by atoms with Crippen molar-refractivity contribution in [3.8, 4) is 0 Å². The number of hydrogen-bond acceptors (Lipinski definition) is 8. The molecule has 0 radical (unpaired) electrons. The maximum atomic E-state index is 12.9. The van der Waals surface area contributed by atoms with Crippen LogP contribution in [-0.4, -0.2) is 71.7 Å². The second-order valence-corrected chi connectivity index (χ2v) is 12.2. The van der Waals surface area contributed by atoms with E-state index in [1.54, 1.807) is 0 Å². The molecule has 43 heavy (non-hydrogen) atoms. The molecule has 3 unspecified atom stereocenters. The zero-order chi connectivity index (χ0) is 31.6. The number of unbranched alkanes of at least 4 members (excludes halogenated alkanes) is 1. The first-order valence-electron chi connectivity index (χ1n) is 15.1. The van der Waals surface area contributed by atoms with Crippen molar-refractivity contribution in [2.75, 3.05) is 31.9 Å². The Bertz CT molecular complexity index is 1100. The fourth-order valence-electron chi connectivity index (χ4n) is 4.34. The molecule has 10 nitrogen and oxygen atoms in total. The van der Waals surface area contributed by atoms with Gasteiger partial charge in [-0.15, -0.1) is 0 Å². The number of carbonyl (C=O) groups is 3. The van der Waals surface area contributed by atoms with Crippen molar-refractivity contribution in [2.24, 2.45) is 5.92 Å². The Morgan fingerprint density at radius 3 is 2.26 bits per heavy atom. The van der Waals surface area contributed by atoms with Crippen molar-refractivity contribution in [3.63, 3.8) is 0 Å². The number of nitrogens with two attached hydrogens (primary N) is 1. The van der Waals surface area contributed by atoms with Crippen LogP contribution >= 0.6 is 11.9 Å². The number of nitrogens with zero attached hydrogens (tertiary/aromatic N) is 1. The number of rotatable bonds is 19. The number of hydrogen-bond donors (Lipinski definition) is 5. The minimum absolute atomic E-state index is 0.192. The average molecular weight is 616 g/mol. The minimum atomic E-state index is -0.893. The SMILES string of the molecule is CCCCC(CC)OC(=O)NCC(=O)NCC(=O)NC(Cc1ccccc1)C(O)CN(CC(C)C)Sc1ccc(N)cc1. The van der Waals surface area contributed by atoms with Crippen LogP contribution < -0.4 is 21.7 Å². The smallest absolute Gasteiger partial charge is 0.407 e. The summed E-state index contributed by atoms with van der Waals surface area (Å²) in [7, 11) is 0. The third kappa shape index (κ3) is 15.1. The summed E-state index contributed by atoms with van der Waals surface area (Å²) in [6, 6.07) is 16.6. The van der Waals surface area contributed by atoms with E-state index in [-0.39, 0.29) is 19.2 Å². The van der Waals surface area contributed by atoms with Crippen molar-refractivity contribution < 1.29 is 24.2 Å². The zero-order valence-corrected chi connectivity index (χ0v) is 26.7. The molecule has 0 aromatic heterocycles. The van der Waals surface area contributed by atoms with E-state index >= 15 is 0 Å². The molecule has 2 aromatic carbocycles. The highest BCUT2D eigenvalue weighted by atomic mass is 32.2. The van der Waals surface area contributed by atoms with Gasteiger partial charge in [0.25, 0.3) is 0 Å². The Kier molecular flexibility index (Phi) is 16.6. The number of nitrogens with one attached hydrogen (secondary N) is 3. The second kappa shape index (κ2) is 19.8. The standard InChI is InChI=1S/C32H49N5O5S/c1-5-7-13-26(6-2)42-32(41)35-19-30(39)34-20-31(40)36-28(18-24-11-9-8-10-12-24)29(38)22-37(21-23(3)4)43-27-16-14-25(33)15-17-27/h8-12,14-17,23,26,28-29,38H,5-7,13,18-22,33H2,1-4H3,(H,34,39)(H,35,41)(H,36,40). The first kappa shape index (κ1) is 35.9. The fourth-order valence-corrected chi connectivity index (χ4v) is 5.50. The molecular formula is C32H49N5O5S. The van der Waals surface area contributed by atoms with Crippen LogP contribution in [0.4, 0.5) is 10.5 Å². The van der Waals surface area contributed by atoms with E-state index in [0.29, 0.717) is 31.0 Å². The van der Waals surface area contributed by atoms with Crippen molar-refractivity contribution in [1.29, 1.82) is 0 Å². The van der Waals surface area contributed by atoms with Gasteiger partial charge >= 0.3 is 6.09 Å². The van der Waals surface area contributed by atoms with Crippen LogP contribution in [0.15, 0.2) is 59.5 Å². The Labute approximate surface area is 260 Å². The summed E-state index contributed by atoms with van der Waals surface area (Å²) in [5, 5.41) is 19.2. The molecule has 0 saturated carbocycles. The van der Waals surface area contributed by atoms with Crippen LogP contribution in [0.3, 0.4) is 0 Å². The number of amides is 3. The van der Waals surface area contributed by atoms with Crippen LogP contribution in [-0.2, 0) is 20.7 Å². The molecule has 3 amide bonds. The third-order valence-electron chi connectivity index (χ3n) is 6.63. The third-order valence-corrected chi connectivity index (χ3v) is 7.67. The molecule has 0 saturated heterocycles. The summed E-state index contributed by atoms with van der Waals surface area (Å²) in [5.41, 5.74) is 7.48. The summed E-state index contributed by atoms with van der Waals surface area (Å²) in [6.07, 6.45) is 2.11. The highest BCUT2D eigenvalue weighted by Gasteiger charge is 2.25. The number of anilines is 1. The van der Waals surface area contributed by atoms with Crippen molar-refractivity contribution in [3.05, 3.63) is 60.2 Å². The highest BCUT2D eigenvalue weighted by Crippen LogP contribution is 2.25. The molecule has 0 aliphatic rings. The summed E-state index contributed by atoms with van der Waals surface area (Å²) in [4.78, 5) is 38.2. The molecule has 2 rings (SSSR count). The maximum Gasteiger partial charge on any atom is 0.407 e. The number of benzene rings is 2. The molecular weight excluding hydrogens is 566 g/mol. The van der Waals surface area contributed by atoms with Gasteiger partial charge in [0.15, 0.2) is 0 Å². The zero-order valence-electron chi connectivity index (χ0n) is 25.9. The number of aliphatic hydroxyl groups is 1. The predicted octanol–water partition coefficient (Wildman–Crippen LogP) is 4.13. The van der Waals surface area contributed by atoms with E-state index in [2.05, 4.69) is 41.0 Å². The quantitative estimate of drug-likeness (QED) is 0.117. The predicted molar refractivity (Wildman–Crippen MR) is 172 cm³/mol. The molecule has 0 spiro atoms. The molecule has 0 heterocycles. The molecule has 0 aliphatic carbocycles. The van der Waals surface area contributed by atoms with Gasteiger partial charge in [0.2, 0.25) is 11.8 Å². The largest absolute Gasteiger partial charge is 0.446 e. The van der Waals surface area contributed by atoms with E-state index in [0.717, 1.165) is 36.3 Å². The van der Waals surface area contributed by atoms with Crippen molar-refractivity contribution in [2.45, 2.75) is 82.9 Å². The Hall–Kier alpha value is -3.28. The van der Waals surface area contributed by atoms with Gasteiger partial charge in [0.1, 0.15) is 12.6 Å². The Balaban J connectivity index is 1.96. The van der Waals surface area contributed by atoms with Gasteiger partial charge in [-0.05, 0) is 67.0 Å². The molecule has 0 aliphatic heterocycles. The van der Waals surface area contributed by atoms with E-state index in [1.807, 2.05) is 61.5 Å². The molecule has 0 fully saturated rings. The fraction of sp³-hybridized carbons (Fsp3) is 0.531. The van der Waals surface area contributed by atoms with Crippen LogP contribution in [0.1, 0.15) is 58.9 Å². The van der Waals surface area contributed by atoms with E-state index in [9.17, 15) is 19.5 Å². The normalized spacial score (nSPS) is 13.3. The summed E-state index contributed by atoms with van der Waals surface area (Å²) in [5.74, 6) is -0.610. The summed E-state index contributed by atoms with van der Waals surface area (Å²) < 4.78 is 7.45. The minimum Gasteiger partial charge on any atom is -0.446 e. The number of alkyl carbamates (subject to hydrolysis) is 1. The van der Waals surface area contributed by atoms with Gasteiger partial charge < -0.3 is 31.5 Å². The lowest BCUT2D eigenvalue weighted by molar-refractivity contribution is -0.126. The van der Waals surface area contributed by atoms with Gasteiger partial charge in [-0.3, -0.25) is 9.59 Å². The molecule has 6 N–H and O–H groups in total. The maximum absolute atomic E-state index is 12.9. The lowest BCUT2D eigenvalue weighted by atomic mass is 10.0. The summed E-state index contributed by atoms with van der Waals surface area (Å²) in [6.45, 7) is 8.66. The topological polar surface area (TPSA) is 146 Å². The number of carbonyl (C=O) groups excluding carboxylic acids is 3. The van der Waals surface area contributed by atoms with Crippen LogP contribution in [0.2, 0.25) is 0 Å². The monoisotopic (exact) mass is 615 g/mol. The number of ether oxygens (including phenoxy) is 1. The molecule has 3 atom stereocenters. The summed E-state index contributed by atoms with van der Waals surface area (Å²) >= 11 is 1.53. The highest BCUT2D eigenvalue weighted by molar-refractivity contribution is 7.97. The van der Waals surface area contributed by atoms with Gasteiger partial charge in [-0.25, -0.2) is 9.10 Å². The lowest BCUT2D eigenvalue weighted by Gasteiger charge is -2.30.